The molecule has 0 aliphatic heterocycles. The Balaban J connectivity index is 3.01. The quantitative estimate of drug-likeness (QED) is 0.665. The molecule has 1 rings (SSSR count). The third-order valence-corrected chi connectivity index (χ3v) is 2.96. The van der Waals surface area contributed by atoms with Crippen molar-refractivity contribution in [2.45, 2.75) is 34.6 Å². The second-order valence-electron chi connectivity index (χ2n) is 4.28. The maximum absolute atomic E-state index is 4.57. The van der Waals surface area contributed by atoms with Crippen molar-refractivity contribution in [3.63, 3.8) is 0 Å². The largest absolute Gasteiger partial charge is 0.260 e. The van der Waals surface area contributed by atoms with Crippen LogP contribution in [0.25, 0.3) is 5.70 Å². The van der Waals surface area contributed by atoms with Crippen LogP contribution in [-0.4, -0.2) is 6.21 Å². The molecule has 1 nitrogen and oxygen atoms in total. The molecular weight excluding hydrogens is 202 g/mol. The fraction of sp³-hybridized carbons (Fsp3) is 0.462. The third-order valence-electron chi connectivity index (χ3n) is 1.95. The number of nitrogens with zero attached hydrogens (tertiary/aromatic N) is 1. The van der Waals surface area contributed by atoms with E-state index in [9.17, 15) is 0 Å². The Bertz CT molecular complexity index is 379. The second-order valence-corrected chi connectivity index (χ2v) is 5.57. The van der Waals surface area contributed by atoms with E-state index in [2.05, 4.69) is 51.7 Å². The van der Waals surface area contributed by atoms with Crippen molar-refractivity contribution in [3.05, 3.63) is 27.5 Å². The highest BCUT2D eigenvalue weighted by atomic mass is 32.1. The summed E-state index contributed by atoms with van der Waals surface area (Å²) >= 11 is 1.80. The van der Waals surface area contributed by atoms with Gasteiger partial charge in [-0.25, -0.2) is 0 Å². The molecule has 1 aromatic rings. The van der Waals surface area contributed by atoms with Gasteiger partial charge in [-0.15, -0.1) is 11.3 Å². The van der Waals surface area contributed by atoms with Crippen LogP contribution in [-0.2, 0) is 0 Å². The first-order valence-corrected chi connectivity index (χ1v) is 6.11. The van der Waals surface area contributed by atoms with Gasteiger partial charge in [0, 0.05) is 11.1 Å². The minimum atomic E-state index is 0.500. The molecule has 0 amide bonds. The standard InChI is InChI=1S/C13H19NS/c1-9(2)8-14-13(10(3)4)12-7-6-11(5)15-12/h6-9H,1-5H3. The molecule has 0 fully saturated rings. The number of rotatable bonds is 3. The minimum Gasteiger partial charge on any atom is -0.260 e. The van der Waals surface area contributed by atoms with Gasteiger partial charge in [-0.3, -0.25) is 4.99 Å². The predicted molar refractivity (Wildman–Crippen MR) is 70.7 cm³/mol. The number of aliphatic imine (C=N–C) groups is 1. The van der Waals surface area contributed by atoms with Crippen LogP contribution >= 0.6 is 11.3 Å². The molecular formula is C13H19NS. The SMILES string of the molecule is CC(C)=C(N=CC(C)C)c1ccc(C)s1. The molecule has 2 heteroatoms. The Kier molecular flexibility index (Phi) is 4.28. The van der Waals surface area contributed by atoms with E-state index in [4.69, 9.17) is 0 Å². The van der Waals surface area contributed by atoms with Crippen molar-refractivity contribution in [2.75, 3.05) is 0 Å². The van der Waals surface area contributed by atoms with Crippen LogP contribution in [0.4, 0.5) is 0 Å². The average molecular weight is 221 g/mol. The Labute approximate surface area is 96.6 Å². The van der Waals surface area contributed by atoms with Crippen LogP contribution in [0.5, 0.6) is 0 Å². The van der Waals surface area contributed by atoms with Gasteiger partial charge in [0.1, 0.15) is 0 Å². The summed E-state index contributed by atoms with van der Waals surface area (Å²) in [6.45, 7) is 10.6. The van der Waals surface area contributed by atoms with Crippen LogP contribution in [0.2, 0.25) is 0 Å². The van der Waals surface area contributed by atoms with Gasteiger partial charge < -0.3 is 0 Å². The summed E-state index contributed by atoms with van der Waals surface area (Å²) in [5.74, 6) is 0.500. The molecule has 0 saturated heterocycles. The van der Waals surface area contributed by atoms with Crippen molar-refractivity contribution >= 4 is 23.2 Å². The number of thiophene rings is 1. The van der Waals surface area contributed by atoms with Crippen LogP contribution in [0.15, 0.2) is 22.7 Å². The second kappa shape index (κ2) is 5.26. The molecule has 0 aliphatic rings. The van der Waals surface area contributed by atoms with Gasteiger partial charge in [0.15, 0.2) is 0 Å². The van der Waals surface area contributed by atoms with Crippen molar-refractivity contribution in [3.8, 4) is 0 Å². The summed E-state index contributed by atoms with van der Waals surface area (Å²) in [6, 6.07) is 4.30. The molecule has 0 saturated carbocycles. The third kappa shape index (κ3) is 3.63. The molecule has 1 aromatic heterocycles. The summed E-state index contributed by atoms with van der Waals surface area (Å²) in [5, 5.41) is 0. The average Bonchev–Trinajstić information content (AvgIpc) is 2.51. The van der Waals surface area contributed by atoms with Gasteiger partial charge in [-0.05, 0) is 44.4 Å². The number of hydrogen-bond acceptors (Lipinski definition) is 2. The lowest BCUT2D eigenvalue weighted by atomic mass is 10.2. The van der Waals surface area contributed by atoms with Crippen molar-refractivity contribution in [2.24, 2.45) is 10.9 Å². The molecule has 0 aromatic carbocycles. The molecule has 0 bridgehead atoms. The zero-order chi connectivity index (χ0) is 11.4. The van der Waals surface area contributed by atoms with Crippen LogP contribution in [0, 0.1) is 12.8 Å². The molecule has 15 heavy (non-hydrogen) atoms. The Hall–Kier alpha value is -0.890. The maximum atomic E-state index is 4.57. The van der Waals surface area contributed by atoms with Gasteiger partial charge >= 0.3 is 0 Å². The molecule has 0 spiro atoms. The molecule has 1 heterocycles. The van der Waals surface area contributed by atoms with E-state index >= 15 is 0 Å². The number of aryl methyl sites for hydroxylation is 1. The summed E-state index contributed by atoms with van der Waals surface area (Å²) < 4.78 is 0. The van der Waals surface area contributed by atoms with Crippen LogP contribution in [0.1, 0.15) is 37.4 Å². The predicted octanol–water partition coefficient (Wildman–Crippen LogP) is 4.53. The Morgan fingerprint density at radius 2 is 2.00 bits per heavy atom. The minimum absolute atomic E-state index is 0.500. The molecule has 0 unspecified atom stereocenters. The van der Waals surface area contributed by atoms with E-state index in [0.717, 1.165) is 5.70 Å². The maximum Gasteiger partial charge on any atom is 0.0784 e. The van der Waals surface area contributed by atoms with E-state index in [1.807, 2.05) is 6.21 Å². The lowest BCUT2D eigenvalue weighted by Gasteiger charge is -2.02. The zero-order valence-corrected chi connectivity index (χ0v) is 11.0. The summed E-state index contributed by atoms with van der Waals surface area (Å²) in [7, 11) is 0. The number of allylic oxidation sites excluding steroid dienone is 1. The van der Waals surface area contributed by atoms with Crippen molar-refractivity contribution in [1.29, 1.82) is 0 Å². The summed E-state index contributed by atoms with van der Waals surface area (Å²) in [6.07, 6.45) is 2.01. The highest BCUT2D eigenvalue weighted by Gasteiger charge is 2.04. The molecule has 82 valence electrons. The van der Waals surface area contributed by atoms with Gasteiger partial charge in [0.05, 0.1) is 10.6 Å². The fourth-order valence-corrected chi connectivity index (χ4v) is 2.20. The van der Waals surface area contributed by atoms with Crippen molar-refractivity contribution < 1.29 is 0 Å². The lowest BCUT2D eigenvalue weighted by Crippen LogP contribution is -1.88. The normalized spacial score (nSPS) is 11.3. The fourth-order valence-electron chi connectivity index (χ4n) is 1.22. The molecule has 0 atom stereocenters. The van der Waals surface area contributed by atoms with Crippen molar-refractivity contribution in [1.82, 2.24) is 0 Å². The lowest BCUT2D eigenvalue weighted by molar-refractivity contribution is 0.908. The van der Waals surface area contributed by atoms with Crippen LogP contribution < -0.4 is 0 Å². The molecule has 0 radical (unpaired) electrons. The van der Waals surface area contributed by atoms with E-state index < -0.39 is 0 Å². The van der Waals surface area contributed by atoms with Gasteiger partial charge in [-0.1, -0.05) is 13.8 Å². The van der Waals surface area contributed by atoms with E-state index in [-0.39, 0.29) is 0 Å². The van der Waals surface area contributed by atoms with E-state index in [1.165, 1.54) is 15.3 Å². The first kappa shape index (κ1) is 12.2. The Morgan fingerprint density at radius 3 is 2.40 bits per heavy atom. The summed E-state index contributed by atoms with van der Waals surface area (Å²) in [5.41, 5.74) is 2.40. The Morgan fingerprint density at radius 1 is 1.33 bits per heavy atom. The molecule has 0 N–H and O–H groups in total. The molecule has 0 aliphatic carbocycles. The smallest absolute Gasteiger partial charge is 0.0784 e. The topological polar surface area (TPSA) is 12.4 Å². The highest BCUT2D eigenvalue weighted by molar-refractivity contribution is 7.13. The first-order valence-electron chi connectivity index (χ1n) is 5.29. The van der Waals surface area contributed by atoms with Gasteiger partial charge in [0.2, 0.25) is 0 Å². The highest BCUT2D eigenvalue weighted by Crippen LogP contribution is 2.27. The monoisotopic (exact) mass is 221 g/mol. The first-order chi connectivity index (χ1) is 7.00. The van der Waals surface area contributed by atoms with Gasteiger partial charge in [0.25, 0.3) is 0 Å². The van der Waals surface area contributed by atoms with Gasteiger partial charge in [-0.2, -0.15) is 0 Å². The number of hydrogen-bond donors (Lipinski definition) is 0. The zero-order valence-electron chi connectivity index (χ0n) is 10.2. The summed E-state index contributed by atoms with van der Waals surface area (Å²) in [4.78, 5) is 7.18. The van der Waals surface area contributed by atoms with Crippen LogP contribution in [0.3, 0.4) is 0 Å². The van der Waals surface area contributed by atoms with E-state index in [0.29, 0.717) is 5.92 Å². The van der Waals surface area contributed by atoms with E-state index in [1.54, 1.807) is 11.3 Å².